The van der Waals surface area contributed by atoms with Gasteiger partial charge in [0.1, 0.15) is 0 Å². The highest BCUT2D eigenvalue weighted by Crippen LogP contribution is 2.24. The van der Waals surface area contributed by atoms with Gasteiger partial charge in [-0.3, -0.25) is 4.90 Å². The second-order valence-corrected chi connectivity index (χ2v) is 4.81. The van der Waals surface area contributed by atoms with E-state index in [0.29, 0.717) is 0 Å². The van der Waals surface area contributed by atoms with Gasteiger partial charge in [0, 0.05) is 37.9 Å². The third-order valence-corrected chi connectivity index (χ3v) is 3.73. The van der Waals surface area contributed by atoms with Gasteiger partial charge in [-0.15, -0.1) is 12.4 Å². The summed E-state index contributed by atoms with van der Waals surface area (Å²) in [6, 6.07) is 8.57. The fourth-order valence-corrected chi connectivity index (χ4v) is 2.70. The quantitative estimate of drug-likeness (QED) is 0.800. The summed E-state index contributed by atoms with van der Waals surface area (Å²) >= 11 is 0. The van der Waals surface area contributed by atoms with Crippen molar-refractivity contribution in [3.63, 3.8) is 0 Å². The van der Waals surface area contributed by atoms with Crippen molar-refractivity contribution in [3.05, 3.63) is 36.0 Å². The monoisotopic (exact) mass is 281 g/mol. The number of aromatic nitrogens is 1. The molecule has 0 spiro atoms. The summed E-state index contributed by atoms with van der Waals surface area (Å²) in [6.45, 7) is 4.16. The van der Waals surface area contributed by atoms with E-state index in [1.54, 1.807) is 0 Å². The lowest BCUT2D eigenvalue weighted by Crippen LogP contribution is -2.46. The SMILES string of the molecule is Cl.OC[C@@H](c1ccc2cc[nH]c2c1)N1CCNCC1. The number of hydrogen-bond acceptors (Lipinski definition) is 3. The van der Waals surface area contributed by atoms with E-state index in [2.05, 4.69) is 39.5 Å². The normalized spacial score (nSPS) is 18.2. The van der Waals surface area contributed by atoms with Crippen molar-refractivity contribution < 1.29 is 5.11 Å². The number of H-pyrrole nitrogens is 1. The predicted molar refractivity (Wildman–Crippen MR) is 79.8 cm³/mol. The number of aliphatic hydroxyl groups excluding tert-OH is 1. The lowest BCUT2D eigenvalue weighted by Gasteiger charge is -2.34. The van der Waals surface area contributed by atoms with Crippen LogP contribution in [0.1, 0.15) is 11.6 Å². The smallest absolute Gasteiger partial charge is 0.0628 e. The third kappa shape index (κ3) is 2.92. The lowest BCUT2D eigenvalue weighted by molar-refractivity contribution is 0.111. The van der Waals surface area contributed by atoms with E-state index in [0.717, 1.165) is 31.7 Å². The van der Waals surface area contributed by atoms with Gasteiger partial charge in [-0.25, -0.2) is 0 Å². The van der Waals surface area contributed by atoms with Crippen LogP contribution >= 0.6 is 12.4 Å². The zero-order valence-electron chi connectivity index (χ0n) is 10.8. The van der Waals surface area contributed by atoms with Crippen LogP contribution in [-0.4, -0.2) is 47.8 Å². The topological polar surface area (TPSA) is 51.3 Å². The molecule has 0 saturated carbocycles. The molecule has 0 bridgehead atoms. The molecule has 104 valence electrons. The van der Waals surface area contributed by atoms with E-state index in [9.17, 15) is 5.11 Å². The Balaban J connectivity index is 0.00000133. The maximum Gasteiger partial charge on any atom is 0.0628 e. The molecule has 1 fully saturated rings. The van der Waals surface area contributed by atoms with Crippen LogP contribution in [0.25, 0.3) is 10.9 Å². The molecule has 3 N–H and O–H groups in total. The maximum atomic E-state index is 9.68. The predicted octanol–water partition coefficient (Wildman–Crippen LogP) is 1.53. The van der Waals surface area contributed by atoms with Crippen LogP contribution in [0, 0.1) is 0 Å². The zero-order valence-corrected chi connectivity index (χ0v) is 11.6. The number of benzene rings is 1. The number of aliphatic hydroxyl groups is 1. The second-order valence-electron chi connectivity index (χ2n) is 4.81. The van der Waals surface area contributed by atoms with Crippen LogP contribution in [0.3, 0.4) is 0 Å². The molecule has 2 heterocycles. The van der Waals surface area contributed by atoms with Gasteiger partial charge in [0.25, 0.3) is 0 Å². The van der Waals surface area contributed by atoms with Gasteiger partial charge in [0.05, 0.1) is 12.6 Å². The number of rotatable bonds is 3. The highest BCUT2D eigenvalue weighted by Gasteiger charge is 2.21. The zero-order chi connectivity index (χ0) is 12.4. The molecular weight excluding hydrogens is 262 g/mol. The standard InChI is InChI=1S/C14H19N3O.ClH/c18-10-14(17-7-5-15-6-8-17)12-2-1-11-3-4-16-13(11)9-12;/h1-4,9,14-16,18H,5-8,10H2;1H/t14-;/m0./s1. The molecule has 0 radical (unpaired) electrons. The number of halogens is 1. The molecule has 4 nitrogen and oxygen atoms in total. The van der Waals surface area contributed by atoms with Crippen molar-refractivity contribution in [1.82, 2.24) is 15.2 Å². The van der Waals surface area contributed by atoms with Crippen LogP contribution in [0.15, 0.2) is 30.5 Å². The first-order valence-corrected chi connectivity index (χ1v) is 6.51. The molecule has 1 atom stereocenters. The van der Waals surface area contributed by atoms with Crippen LogP contribution < -0.4 is 5.32 Å². The van der Waals surface area contributed by atoms with E-state index < -0.39 is 0 Å². The van der Waals surface area contributed by atoms with Gasteiger partial charge >= 0.3 is 0 Å². The van der Waals surface area contributed by atoms with Crippen molar-refractivity contribution in [3.8, 4) is 0 Å². The first kappa shape index (κ1) is 14.3. The molecule has 0 amide bonds. The summed E-state index contributed by atoms with van der Waals surface area (Å²) in [4.78, 5) is 5.58. The summed E-state index contributed by atoms with van der Waals surface area (Å²) in [7, 11) is 0. The van der Waals surface area contributed by atoms with E-state index in [1.165, 1.54) is 10.9 Å². The number of hydrogen-bond donors (Lipinski definition) is 3. The molecule has 0 unspecified atom stereocenters. The highest BCUT2D eigenvalue weighted by molar-refractivity contribution is 5.85. The minimum absolute atomic E-state index is 0. The molecule has 1 aromatic heterocycles. The van der Waals surface area contributed by atoms with Gasteiger partial charge < -0.3 is 15.4 Å². The summed E-state index contributed by atoms with van der Waals surface area (Å²) in [5, 5.41) is 14.2. The molecule has 5 heteroatoms. The van der Waals surface area contributed by atoms with Crippen LogP contribution in [0.4, 0.5) is 0 Å². The summed E-state index contributed by atoms with van der Waals surface area (Å²) in [5.74, 6) is 0. The number of fused-ring (bicyclic) bond motifs is 1. The van der Waals surface area contributed by atoms with Gasteiger partial charge in [0.2, 0.25) is 0 Å². The van der Waals surface area contributed by atoms with E-state index >= 15 is 0 Å². The van der Waals surface area contributed by atoms with Crippen LogP contribution in [-0.2, 0) is 0 Å². The summed E-state index contributed by atoms with van der Waals surface area (Å²) < 4.78 is 0. The van der Waals surface area contributed by atoms with Gasteiger partial charge in [0.15, 0.2) is 0 Å². The number of piperazine rings is 1. The Labute approximate surface area is 119 Å². The Morgan fingerprint density at radius 2 is 2.00 bits per heavy atom. The van der Waals surface area contributed by atoms with Crippen molar-refractivity contribution in [2.24, 2.45) is 0 Å². The molecule has 1 aromatic carbocycles. The molecule has 1 saturated heterocycles. The average Bonchev–Trinajstić information content (AvgIpc) is 2.88. The van der Waals surface area contributed by atoms with Crippen molar-refractivity contribution in [2.75, 3.05) is 32.8 Å². The maximum absolute atomic E-state index is 9.68. The molecule has 0 aliphatic carbocycles. The Morgan fingerprint density at radius 1 is 1.21 bits per heavy atom. The second kappa shape index (κ2) is 6.39. The van der Waals surface area contributed by atoms with E-state index in [-0.39, 0.29) is 25.1 Å². The summed E-state index contributed by atoms with van der Waals surface area (Å²) in [5.41, 5.74) is 2.33. The largest absolute Gasteiger partial charge is 0.394 e. The Morgan fingerprint density at radius 3 is 2.74 bits per heavy atom. The van der Waals surface area contributed by atoms with E-state index in [1.807, 2.05) is 6.20 Å². The van der Waals surface area contributed by atoms with Crippen molar-refractivity contribution in [1.29, 1.82) is 0 Å². The Bertz CT molecular complexity index is 522. The minimum Gasteiger partial charge on any atom is -0.394 e. The number of aromatic amines is 1. The van der Waals surface area contributed by atoms with Crippen molar-refractivity contribution >= 4 is 23.3 Å². The first-order valence-electron chi connectivity index (χ1n) is 6.51. The third-order valence-electron chi connectivity index (χ3n) is 3.73. The fourth-order valence-electron chi connectivity index (χ4n) is 2.70. The van der Waals surface area contributed by atoms with Crippen LogP contribution in [0.2, 0.25) is 0 Å². The molecule has 1 aliphatic heterocycles. The van der Waals surface area contributed by atoms with E-state index in [4.69, 9.17) is 0 Å². The molecule has 2 aromatic rings. The first-order chi connectivity index (χ1) is 8.88. The molecule has 3 rings (SSSR count). The Kier molecular flexibility index (Phi) is 4.82. The fraction of sp³-hybridized carbons (Fsp3) is 0.429. The number of nitrogens with zero attached hydrogens (tertiary/aromatic N) is 1. The Hall–Kier alpha value is -1.07. The van der Waals surface area contributed by atoms with Crippen LogP contribution in [0.5, 0.6) is 0 Å². The lowest BCUT2D eigenvalue weighted by atomic mass is 10.0. The minimum atomic E-state index is 0. The highest BCUT2D eigenvalue weighted by atomic mass is 35.5. The molecular formula is C14H20ClN3O. The summed E-state index contributed by atoms with van der Waals surface area (Å²) in [6.07, 6.45) is 1.95. The van der Waals surface area contributed by atoms with Gasteiger partial charge in [-0.05, 0) is 23.1 Å². The number of nitrogens with one attached hydrogen (secondary N) is 2. The molecule has 1 aliphatic rings. The van der Waals surface area contributed by atoms with Crippen molar-refractivity contribution in [2.45, 2.75) is 6.04 Å². The average molecular weight is 282 g/mol. The van der Waals surface area contributed by atoms with Gasteiger partial charge in [-0.2, -0.15) is 0 Å². The molecule has 19 heavy (non-hydrogen) atoms. The van der Waals surface area contributed by atoms with Gasteiger partial charge in [-0.1, -0.05) is 12.1 Å².